The van der Waals surface area contributed by atoms with Gasteiger partial charge in [0.1, 0.15) is 0 Å². The van der Waals surface area contributed by atoms with Crippen molar-refractivity contribution in [2.45, 2.75) is 26.9 Å². The number of hydrogen-bond acceptors (Lipinski definition) is 2. The van der Waals surface area contributed by atoms with Crippen molar-refractivity contribution in [2.24, 2.45) is 0 Å². The molecule has 1 aliphatic heterocycles. The highest BCUT2D eigenvalue weighted by atomic mass is 14.9. The molecule has 4 rings (SSSR count). The van der Waals surface area contributed by atoms with Crippen molar-refractivity contribution in [1.29, 1.82) is 0 Å². The molecule has 2 nitrogen and oxygen atoms in total. The maximum absolute atomic E-state index is 4.82. The van der Waals surface area contributed by atoms with Gasteiger partial charge >= 0.3 is 0 Å². The van der Waals surface area contributed by atoms with E-state index in [0.29, 0.717) is 0 Å². The summed E-state index contributed by atoms with van der Waals surface area (Å²) in [4.78, 5) is 4.82. The molecule has 1 aliphatic rings. The number of nitrogens with zero attached hydrogens (tertiary/aromatic N) is 1. The summed E-state index contributed by atoms with van der Waals surface area (Å²) < 4.78 is 0. The summed E-state index contributed by atoms with van der Waals surface area (Å²) in [6, 6.07) is 15.2. The Labute approximate surface area is 124 Å². The van der Waals surface area contributed by atoms with Gasteiger partial charge in [0, 0.05) is 18.5 Å². The van der Waals surface area contributed by atoms with Crippen LogP contribution in [-0.4, -0.2) is 4.98 Å². The molecule has 3 aromatic rings. The molecule has 0 saturated carbocycles. The normalized spacial score (nSPS) is 13.6. The van der Waals surface area contributed by atoms with Crippen LogP contribution in [0.2, 0.25) is 0 Å². The number of nitrogens with one attached hydrogen (secondary N) is 1. The van der Waals surface area contributed by atoms with E-state index >= 15 is 0 Å². The summed E-state index contributed by atoms with van der Waals surface area (Å²) in [5.74, 6) is 0. The number of aromatic nitrogens is 1. The number of pyridine rings is 1. The Hall–Kier alpha value is -2.19. The molecular formula is C19H18N2. The summed E-state index contributed by atoms with van der Waals surface area (Å²) in [6.45, 7) is 6.13. The summed E-state index contributed by atoms with van der Waals surface area (Å²) in [6.07, 6.45) is 0. The molecule has 0 amide bonds. The average Bonchev–Trinajstić information content (AvgIpc) is 2.95. The maximum Gasteiger partial charge on any atom is 0.0712 e. The molecule has 0 aliphatic carbocycles. The number of hydrogen-bond donors (Lipinski definition) is 1. The Balaban J connectivity index is 2.09. The molecule has 0 fully saturated rings. The molecule has 2 heterocycles. The average molecular weight is 274 g/mol. The molecule has 0 spiro atoms. The third-order valence-electron chi connectivity index (χ3n) is 4.47. The van der Waals surface area contributed by atoms with Gasteiger partial charge in [-0.1, -0.05) is 36.4 Å². The van der Waals surface area contributed by atoms with E-state index < -0.39 is 0 Å². The third-order valence-corrected chi connectivity index (χ3v) is 4.47. The number of benzene rings is 2. The lowest BCUT2D eigenvalue weighted by Gasteiger charge is -2.13. The minimum atomic E-state index is 0.873. The molecule has 2 heteroatoms. The zero-order chi connectivity index (χ0) is 14.4. The van der Waals surface area contributed by atoms with Gasteiger partial charge in [-0.3, -0.25) is 4.98 Å². The monoisotopic (exact) mass is 274 g/mol. The lowest BCUT2D eigenvalue weighted by molar-refractivity contribution is 0.758. The van der Waals surface area contributed by atoms with Crippen molar-refractivity contribution >= 4 is 10.9 Å². The number of fused-ring (bicyclic) bond motifs is 2. The standard InChI is InChI=1S/C19H18N2/c1-12-7-8-14(9-13(12)2)19-15-5-3-4-6-17(15)21-18-11-20-10-16(18)19/h3-9,20H,10-11H2,1-2H3. The zero-order valence-electron chi connectivity index (χ0n) is 12.4. The lowest BCUT2D eigenvalue weighted by Crippen LogP contribution is -2.00. The van der Waals surface area contributed by atoms with E-state index in [9.17, 15) is 0 Å². The van der Waals surface area contributed by atoms with Gasteiger partial charge in [0.05, 0.1) is 11.2 Å². The fourth-order valence-electron chi connectivity index (χ4n) is 3.17. The van der Waals surface area contributed by atoms with Crippen LogP contribution in [0.15, 0.2) is 42.5 Å². The van der Waals surface area contributed by atoms with Crippen molar-refractivity contribution in [1.82, 2.24) is 10.3 Å². The second-order valence-electron chi connectivity index (χ2n) is 5.83. The van der Waals surface area contributed by atoms with Crippen molar-refractivity contribution in [2.75, 3.05) is 0 Å². The predicted molar refractivity (Wildman–Crippen MR) is 87.2 cm³/mol. The molecule has 0 radical (unpaired) electrons. The van der Waals surface area contributed by atoms with Gasteiger partial charge in [-0.2, -0.15) is 0 Å². The molecule has 0 atom stereocenters. The fourth-order valence-corrected chi connectivity index (χ4v) is 3.17. The van der Waals surface area contributed by atoms with Gasteiger partial charge in [-0.15, -0.1) is 0 Å². The van der Waals surface area contributed by atoms with E-state index in [1.165, 1.54) is 38.9 Å². The Morgan fingerprint density at radius 3 is 2.67 bits per heavy atom. The highest BCUT2D eigenvalue weighted by Gasteiger charge is 2.20. The topological polar surface area (TPSA) is 24.9 Å². The van der Waals surface area contributed by atoms with Crippen LogP contribution in [0.3, 0.4) is 0 Å². The van der Waals surface area contributed by atoms with Crippen LogP contribution in [-0.2, 0) is 13.1 Å². The summed E-state index contributed by atoms with van der Waals surface area (Å²) >= 11 is 0. The SMILES string of the molecule is Cc1ccc(-c2c3c(nc4ccccc24)CNC3)cc1C. The first-order valence-electron chi connectivity index (χ1n) is 7.43. The zero-order valence-corrected chi connectivity index (χ0v) is 12.4. The molecule has 0 unspecified atom stereocenters. The van der Waals surface area contributed by atoms with Crippen molar-refractivity contribution < 1.29 is 0 Å². The van der Waals surface area contributed by atoms with Gasteiger partial charge in [0.25, 0.3) is 0 Å². The second-order valence-corrected chi connectivity index (χ2v) is 5.83. The number of rotatable bonds is 1. The van der Waals surface area contributed by atoms with E-state index in [-0.39, 0.29) is 0 Å². The molecule has 21 heavy (non-hydrogen) atoms. The van der Waals surface area contributed by atoms with Crippen LogP contribution in [0, 0.1) is 13.8 Å². The summed E-state index contributed by atoms with van der Waals surface area (Å²) in [5.41, 5.74) is 8.98. The van der Waals surface area contributed by atoms with Gasteiger partial charge in [0.15, 0.2) is 0 Å². The maximum atomic E-state index is 4.82. The second kappa shape index (κ2) is 4.68. The Bertz CT molecular complexity index is 850. The Morgan fingerprint density at radius 2 is 1.81 bits per heavy atom. The van der Waals surface area contributed by atoms with E-state index in [2.05, 4.69) is 61.6 Å². The van der Waals surface area contributed by atoms with Crippen molar-refractivity contribution in [3.63, 3.8) is 0 Å². The minimum Gasteiger partial charge on any atom is -0.307 e. The van der Waals surface area contributed by atoms with Crippen LogP contribution in [0.1, 0.15) is 22.4 Å². The van der Waals surface area contributed by atoms with Crippen LogP contribution < -0.4 is 5.32 Å². The molecule has 1 aromatic heterocycles. The lowest BCUT2D eigenvalue weighted by atomic mass is 9.93. The molecule has 0 saturated heterocycles. The van der Waals surface area contributed by atoms with E-state index in [0.717, 1.165) is 18.6 Å². The molecule has 0 bridgehead atoms. The van der Waals surface area contributed by atoms with E-state index in [1.807, 2.05) is 0 Å². The molecule has 1 N–H and O–H groups in total. The minimum absolute atomic E-state index is 0.873. The van der Waals surface area contributed by atoms with Crippen LogP contribution in [0.25, 0.3) is 22.0 Å². The third kappa shape index (κ3) is 1.95. The highest BCUT2D eigenvalue weighted by molar-refractivity contribution is 5.97. The largest absolute Gasteiger partial charge is 0.307 e. The highest BCUT2D eigenvalue weighted by Crippen LogP contribution is 2.35. The molecule has 2 aromatic carbocycles. The first-order chi connectivity index (χ1) is 10.2. The van der Waals surface area contributed by atoms with Gasteiger partial charge in [-0.25, -0.2) is 0 Å². The molecule has 104 valence electrons. The van der Waals surface area contributed by atoms with Crippen LogP contribution >= 0.6 is 0 Å². The van der Waals surface area contributed by atoms with Gasteiger partial charge in [0.2, 0.25) is 0 Å². The summed E-state index contributed by atoms with van der Waals surface area (Å²) in [5, 5.41) is 4.69. The number of para-hydroxylation sites is 1. The smallest absolute Gasteiger partial charge is 0.0712 e. The van der Waals surface area contributed by atoms with Gasteiger partial charge < -0.3 is 5.32 Å². The fraction of sp³-hybridized carbons (Fsp3) is 0.211. The Kier molecular flexibility index (Phi) is 2.79. The van der Waals surface area contributed by atoms with E-state index in [4.69, 9.17) is 4.98 Å². The van der Waals surface area contributed by atoms with Crippen LogP contribution in [0.5, 0.6) is 0 Å². The Morgan fingerprint density at radius 1 is 0.952 bits per heavy atom. The van der Waals surface area contributed by atoms with Crippen LogP contribution in [0.4, 0.5) is 0 Å². The van der Waals surface area contributed by atoms with Crippen molar-refractivity contribution in [3.8, 4) is 11.1 Å². The van der Waals surface area contributed by atoms with E-state index in [1.54, 1.807) is 0 Å². The number of aryl methyl sites for hydroxylation is 2. The van der Waals surface area contributed by atoms with Crippen molar-refractivity contribution in [3.05, 3.63) is 64.8 Å². The molecular weight excluding hydrogens is 256 g/mol. The van der Waals surface area contributed by atoms with Gasteiger partial charge in [-0.05, 0) is 47.7 Å². The first-order valence-corrected chi connectivity index (χ1v) is 7.43. The quantitative estimate of drug-likeness (QED) is 0.722. The summed E-state index contributed by atoms with van der Waals surface area (Å²) in [7, 11) is 0. The first kappa shape index (κ1) is 12.5. The predicted octanol–water partition coefficient (Wildman–Crippen LogP) is 4.12.